The molecule has 4 heteroatoms. The molecule has 0 spiro atoms. The second-order valence-corrected chi connectivity index (χ2v) is 6.15. The summed E-state index contributed by atoms with van der Waals surface area (Å²) in [7, 11) is -4.01. The van der Waals surface area contributed by atoms with E-state index in [0.717, 1.165) is 18.4 Å². The molecule has 0 aliphatic heterocycles. The Hall–Kier alpha value is -0.110. The number of hydrogen-bond donors (Lipinski definition) is 2. The lowest BCUT2D eigenvalue weighted by atomic mass is 9.86. The van der Waals surface area contributed by atoms with E-state index in [-0.39, 0.29) is 5.92 Å². The Morgan fingerprint density at radius 1 is 1.43 bits per heavy atom. The molecule has 1 unspecified atom stereocenters. The third-order valence-electron chi connectivity index (χ3n) is 2.87. The van der Waals surface area contributed by atoms with Crippen LogP contribution in [0.5, 0.6) is 0 Å². The fourth-order valence-corrected chi connectivity index (χ4v) is 3.33. The average molecular weight is 218 g/mol. The summed E-state index contributed by atoms with van der Waals surface area (Å²) >= 11 is 0. The first-order valence-corrected chi connectivity index (χ1v) is 6.71. The summed E-state index contributed by atoms with van der Waals surface area (Å²) in [6.07, 6.45) is 2.47. The fourth-order valence-electron chi connectivity index (χ4n) is 2.04. The molecule has 0 radical (unpaired) electrons. The summed E-state index contributed by atoms with van der Waals surface area (Å²) < 4.78 is 11.3. The zero-order valence-electron chi connectivity index (χ0n) is 9.03. The molecule has 0 aromatic rings. The van der Waals surface area contributed by atoms with Crippen LogP contribution in [0.3, 0.4) is 0 Å². The van der Waals surface area contributed by atoms with Gasteiger partial charge in [-0.3, -0.25) is 4.57 Å². The Kier molecular flexibility index (Phi) is 3.57. The first-order chi connectivity index (χ1) is 6.32. The summed E-state index contributed by atoms with van der Waals surface area (Å²) in [6.45, 7) is 6.05. The molecule has 82 valence electrons. The number of rotatable bonds is 2. The van der Waals surface area contributed by atoms with Crippen LogP contribution in [0.25, 0.3) is 0 Å². The van der Waals surface area contributed by atoms with Gasteiger partial charge in [0.25, 0.3) is 0 Å². The van der Waals surface area contributed by atoms with Crippen molar-refractivity contribution in [3.63, 3.8) is 0 Å². The van der Waals surface area contributed by atoms with Gasteiger partial charge in [-0.25, -0.2) is 0 Å². The van der Waals surface area contributed by atoms with E-state index in [9.17, 15) is 14.4 Å². The Bertz CT molecular complexity index is 288. The Morgan fingerprint density at radius 3 is 2.43 bits per heavy atom. The lowest BCUT2D eigenvalue weighted by molar-refractivity contribution is 0.369. The Balaban J connectivity index is 3.07. The van der Waals surface area contributed by atoms with E-state index in [1.807, 2.05) is 20.8 Å². The van der Waals surface area contributed by atoms with E-state index in [4.69, 9.17) is 0 Å². The van der Waals surface area contributed by atoms with Gasteiger partial charge in [-0.1, -0.05) is 26.3 Å². The lowest BCUT2D eigenvalue weighted by Crippen LogP contribution is -2.11. The van der Waals surface area contributed by atoms with Gasteiger partial charge in [-0.05, 0) is 31.1 Å². The van der Waals surface area contributed by atoms with Crippen molar-refractivity contribution < 1.29 is 14.4 Å². The van der Waals surface area contributed by atoms with Crippen LogP contribution in [-0.4, -0.2) is 9.79 Å². The first kappa shape index (κ1) is 12.0. The predicted molar refractivity (Wildman–Crippen MR) is 56.9 cm³/mol. The number of allylic oxidation sites excluding steroid dienone is 2. The molecule has 0 saturated carbocycles. The molecular weight excluding hydrogens is 199 g/mol. The second kappa shape index (κ2) is 4.18. The maximum atomic E-state index is 11.3. The minimum atomic E-state index is -4.01. The smallest absolute Gasteiger partial charge is 0.321 e. The van der Waals surface area contributed by atoms with E-state index >= 15 is 0 Å². The highest BCUT2D eigenvalue weighted by molar-refractivity contribution is 7.56. The van der Waals surface area contributed by atoms with Crippen molar-refractivity contribution in [2.75, 3.05) is 0 Å². The quantitative estimate of drug-likeness (QED) is 0.700. The van der Waals surface area contributed by atoms with E-state index in [2.05, 4.69) is 0 Å². The third kappa shape index (κ3) is 2.69. The highest BCUT2D eigenvalue weighted by Crippen LogP contribution is 2.53. The van der Waals surface area contributed by atoms with Gasteiger partial charge in [0.15, 0.2) is 0 Å². The van der Waals surface area contributed by atoms with Crippen LogP contribution in [-0.2, 0) is 4.57 Å². The molecule has 0 amide bonds. The predicted octanol–water partition coefficient (Wildman–Crippen LogP) is 2.89. The molecule has 2 N–H and O–H groups in total. The summed E-state index contributed by atoms with van der Waals surface area (Å²) in [4.78, 5) is 18.5. The van der Waals surface area contributed by atoms with E-state index in [1.54, 1.807) is 0 Å². The number of hydrogen-bond acceptors (Lipinski definition) is 1. The Morgan fingerprint density at radius 2 is 2.00 bits per heavy atom. The van der Waals surface area contributed by atoms with Crippen LogP contribution >= 0.6 is 7.60 Å². The zero-order valence-corrected chi connectivity index (χ0v) is 9.92. The van der Waals surface area contributed by atoms with Crippen molar-refractivity contribution in [1.82, 2.24) is 0 Å². The molecule has 3 nitrogen and oxygen atoms in total. The van der Waals surface area contributed by atoms with Gasteiger partial charge in [0.05, 0.1) is 0 Å². The summed E-state index contributed by atoms with van der Waals surface area (Å²) in [6, 6.07) is 0. The van der Waals surface area contributed by atoms with Crippen molar-refractivity contribution in [3.8, 4) is 0 Å². The molecule has 1 aliphatic rings. The lowest BCUT2D eigenvalue weighted by Gasteiger charge is -2.27. The van der Waals surface area contributed by atoms with Crippen LogP contribution in [0, 0.1) is 11.8 Å². The second-order valence-electron chi connectivity index (χ2n) is 4.52. The molecule has 0 bridgehead atoms. The molecule has 0 fully saturated rings. The largest absolute Gasteiger partial charge is 0.352 e. The van der Waals surface area contributed by atoms with Crippen molar-refractivity contribution in [2.24, 2.45) is 11.8 Å². The SMILES string of the molecule is CC1CCC(C(C)C)=C(P(=O)(O)O)C1. The van der Waals surface area contributed by atoms with Crippen LogP contribution < -0.4 is 0 Å². The molecule has 0 aromatic carbocycles. The summed E-state index contributed by atoms with van der Waals surface area (Å²) in [5, 5.41) is 0.409. The molecule has 14 heavy (non-hydrogen) atoms. The van der Waals surface area contributed by atoms with Crippen molar-refractivity contribution in [1.29, 1.82) is 0 Å². The monoisotopic (exact) mass is 218 g/mol. The highest BCUT2D eigenvalue weighted by Gasteiger charge is 2.30. The Labute approximate surface area is 85.4 Å². The van der Waals surface area contributed by atoms with Crippen molar-refractivity contribution in [2.45, 2.75) is 40.0 Å². The summed E-state index contributed by atoms with van der Waals surface area (Å²) in [5.74, 6) is 0.658. The maximum Gasteiger partial charge on any atom is 0.352 e. The summed E-state index contributed by atoms with van der Waals surface area (Å²) in [5.41, 5.74) is 0.983. The molecule has 1 atom stereocenters. The molecule has 1 aliphatic carbocycles. The van der Waals surface area contributed by atoms with E-state index < -0.39 is 7.60 Å². The average Bonchev–Trinajstić information content (AvgIpc) is 2.01. The van der Waals surface area contributed by atoms with Crippen LogP contribution in [0.2, 0.25) is 0 Å². The molecule has 0 aromatic heterocycles. The minimum Gasteiger partial charge on any atom is -0.321 e. The van der Waals surface area contributed by atoms with Crippen LogP contribution in [0.15, 0.2) is 10.9 Å². The standard InChI is InChI=1S/C10H19O3P/c1-7(2)9-5-4-8(3)6-10(9)14(11,12)13/h7-8H,4-6H2,1-3H3,(H2,11,12,13). The van der Waals surface area contributed by atoms with Gasteiger partial charge in [0, 0.05) is 5.31 Å². The van der Waals surface area contributed by atoms with Gasteiger partial charge < -0.3 is 9.79 Å². The minimum absolute atomic E-state index is 0.255. The zero-order chi connectivity index (χ0) is 10.9. The van der Waals surface area contributed by atoms with Crippen molar-refractivity contribution in [3.05, 3.63) is 10.9 Å². The molecule has 0 heterocycles. The maximum absolute atomic E-state index is 11.3. The first-order valence-electron chi connectivity index (χ1n) is 5.10. The third-order valence-corrected chi connectivity index (χ3v) is 4.04. The van der Waals surface area contributed by atoms with Gasteiger partial charge in [0.1, 0.15) is 0 Å². The van der Waals surface area contributed by atoms with E-state index in [0.29, 0.717) is 17.7 Å². The van der Waals surface area contributed by atoms with Crippen LogP contribution in [0.4, 0.5) is 0 Å². The normalized spacial score (nSPS) is 24.6. The van der Waals surface area contributed by atoms with Gasteiger partial charge >= 0.3 is 7.60 Å². The van der Waals surface area contributed by atoms with Gasteiger partial charge in [-0.15, -0.1) is 0 Å². The van der Waals surface area contributed by atoms with Crippen LogP contribution in [0.1, 0.15) is 40.0 Å². The molecule has 1 rings (SSSR count). The van der Waals surface area contributed by atoms with Crippen molar-refractivity contribution >= 4 is 7.60 Å². The highest BCUT2D eigenvalue weighted by atomic mass is 31.2. The topological polar surface area (TPSA) is 57.5 Å². The molecular formula is C10H19O3P. The van der Waals surface area contributed by atoms with Gasteiger partial charge in [0.2, 0.25) is 0 Å². The van der Waals surface area contributed by atoms with E-state index in [1.165, 1.54) is 0 Å². The molecule has 0 saturated heterocycles. The van der Waals surface area contributed by atoms with Gasteiger partial charge in [-0.2, -0.15) is 0 Å². The fraction of sp³-hybridized carbons (Fsp3) is 0.800.